The zero-order valence-corrected chi connectivity index (χ0v) is 15.2. The number of anilines is 1. The lowest BCUT2D eigenvalue weighted by Crippen LogP contribution is -2.23. The van der Waals surface area contributed by atoms with Gasteiger partial charge in [-0.05, 0) is 36.2 Å². The van der Waals surface area contributed by atoms with Crippen molar-refractivity contribution < 1.29 is 9.47 Å². The highest BCUT2D eigenvalue weighted by molar-refractivity contribution is 9.10. The minimum atomic E-state index is 0.235. The first-order valence-electron chi connectivity index (χ1n) is 7.68. The molecule has 1 aliphatic rings. The van der Waals surface area contributed by atoms with Crippen LogP contribution in [0.2, 0.25) is 0 Å². The normalized spacial score (nSPS) is 19.7. The first kappa shape index (κ1) is 16.6. The first-order valence-corrected chi connectivity index (χ1v) is 8.48. The Balaban J connectivity index is 1.64. The molecule has 0 heterocycles. The number of nitrogens with zero attached hydrogens (tertiary/aromatic N) is 1. The second-order valence-electron chi connectivity index (χ2n) is 5.67. The fourth-order valence-electron chi connectivity index (χ4n) is 2.67. The highest BCUT2D eigenvalue weighted by Gasteiger charge is 2.38. The van der Waals surface area contributed by atoms with Gasteiger partial charge in [0.2, 0.25) is 0 Å². The highest BCUT2D eigenvalue weighted by atomic mass is 79.9. The minimum absolute atomic E-state index is 0.235. The van der Waals surface area contributed by atoms with E-state index in [4.69, 9.17) is 15.2 Å². The maximum Gasteiger partial charge on any atom is 0.193 e. The summed E-state index contributed by atoms with van der Waals surface area (Å²) in [5.74, 6) is 2.18. The second kappa shape index (κ2) is 7.13. The van der Waals surface area contributed by atoms with Crippen molar-refractivity contribution in [2.75, 3.05) is 19.5 Å². The van der Waals surface area contributed by atoms with E-state index in [1.807, 2.05) is 18.2 Å². The summed E-state index contributed by atoms with van der Waals surface area (Å²) in [6.07, 6.45) is 1.02. The van der Waals surface area contributed by atoms with Gasteiger partial charge in [0.05, 0.1) is 20.3 Å². The van der Waals surface area contributed by atoms with Crippen LogP contribution in [0, 0.1) is 0 Å². The first-order chi connectivity index (χ1) is 11.6. The Bertz CT molecular complexity index is 746. The van der Waals surface area contributed by atoms with Crippen LogP contribution in [-0.4, -0.2) is 26.2 Å². The number of rotatable bonds is 5. The van der Waals surface area contributed by atoms with Crippen LogP contribution < -0.4 is 20.5 Å². The lowest BCUT2D eigenvalue weighted by Gasteiger charge is -2.11. The summed E-state index contributed by atoms with van der Waals surface area (Å²) in [6, 6.07) is 14.1. The van der Waals surface area contributed by atoms with E-state index in [-0.39, 0.29) is 6.04 Å². The second-order valence-corrected chi connectivity index (χ2v) is 6.59. The summed E-state index contributed by atoms with van der Waals surface area (Å²) >= 11 is 3.45. The molecule has 24 heavy (non-hydrogen) atoms. The molecule has 1 saturated carbocycles. The van der Waals surface area contributed by atoms with Gasteiger partial charge in [0.15, 0.2) is 17.5 Å². The van der Waals surface area contributed by atoms with Gasteiger partial charge in [-0.1, -0.05) is 28.1 Å². The van der Waals surface area contributed by atoms with Crippen LogP contribution >= 0.6 is 15.9 Å². The standard InChI is InChI=1S/C18H20BrN3O2/c1-23-16-8-7-13(9-17(16)24-2)21-18(20)22-15-10-14(15)11-3-5-12(19)6-4-11/h3-9,14-15H,10H2,1-2H3,(H3,20,21,22). The van der Waals surface area contributed by atoms with Crippen molar-refractivity contribution in [1.29, 1.82) is 0 Å². The third-order valence-corrected chi connectivity index (χ3v) is 4.54. The molecule has 0 radical (unpaired) electrons. The smallest absolute Gasteiger partial charge is 0.193 e. The van der Waals surface area contributed by atoms with Gasteiger partial charge in [-0.2, -0.15) is 0 Å². The number of ether oxygens (including phenoxy) is 2. The average Bonchev–Trinajstić information content (AvgIpc) is 3.34. The predicted octanol–water partition coefficient (Wildman–Crippen LogP) is 3.75. The van der Waals surface area contributed by atoms with Crippen molar-refractivity contribution in [2.45, 2.75) is 18.4 Å². The van der Waals surface area contributed by atoms with Crippen molar-refractivity contribution in [3.63, 3.8) is 0 Å². The molecule has 0 aliphatic heterocycles. The van der Waals surface area contributed by atoms with E-state index < -0.39 is 0 Å². The van der Waals surface area contributed by atoms with Gasteiger partial charge >= 0.3 is 0 Å². The van der Waals surface area contributed by atoms with E-state index in [9.17, 15) is 0 Å². The summed E-state index contributed by atoms with van der Waals surface area (Å²) in [4.78, 5) is 4.56. The van der Waals surface area contributed by atoms with Gasteiger partial charge in [0, 0.05) is 22.1 Å². The SMILES string of the molecule is COc1ccc(NC(N)=NC2CC2c2ccc(Br)cc2)cc1OC. The van der Waals surface area contributed by atoms with Crippen molar-refractivity contribution in [3.8, 4) is 11.5 Å². The quantitative estimate of drug-likeness (QED) is 0.603. The molecule has 0 aromatic heterocycles. The van der Waals surface area contributed by atoms with Crippen molar-refractivity contribution in [1.82, 2.24) is 0 Å². The molecule has 1 fully saturated rings. The zero-order chi connectivity index (χ0) is 17.1. The van der Waals surface area contributed by atoms with Gasteiger partial charge < -0.3 is 20.5 Å². The summed E-state index contributed by atoms with van der Waals surface area (Å²) in [6.45, 7) is 0. The van der Waals surface area contributed by atoms with E-state index in [0.717, 1.165) is 16.6 Å². The minimum Gasteiger partial charge on any atom is -0.493 e. The summed E-state index contributed by atoms with van der Waals surface area (Å²) in [5, 5.41) is 3.11. The van der Waals surface area contributed by atoms with Gasteiger partial charge in [-0.3, -0.25) is 0 Å². The summed E-state index contributed by atoms with van der Waals surface area (Å²) in [7, 11) is 3.21. The monoisotopic (exact) mass is 389 g/mol. The van der Waals surface area contributed by atoms with E-state index in [2.05, 4.69) is 50.5 Å². The van der Waals surface area contributed by atoms with Crippen LogP contribution in [0.15, 0.2) is 51.9 Å². The Morgan fingerprint density at radius 3 is 2.50 bits per heavy atom. The van der Waals surface area contributed by atoms with Crippen molar-refractivity contribution >= 4 is 27.6 Å². The number of aliphatic imine (C=N–C) groups is 1. The van der Waals surface area contributed by atoms with Crippen LogP contribution in [0.1, 0.15) is 17.9 Å². The molecule has 1 aliphatic carbocycles. The van der Waals surface area contributed by atoms with E-state index >= 15 is 0 Å². The molecule has 0 amide bonds. The number of benzene rings is 2. The van der Waals surface area contributed by atoms with Crippen LogP contribution in [-0.2, 0) is 0 Å². The van der Waals surface area contributed by atoms with Crippen LogP contribution in [0.3, 0.4) is 0 Å². The Morgan fingerprint density at radius 2 is 1.83 bits per heavy atom. The van der Waals surface area contributed by atoms with Gasteiger partial charge in [0.1, 0.15) is 0 Å². The molecule has 3 rings (SSSR count). The summed E-state index contributed by atoms with van der Waals surface area (Å²) < 4.78 is 11.6. The number of nitrogens with one attached hydrogen (secondary N) is 1. The Hall–Kier alpha value is -2.21. The van der Waals surface area contributed by atoms with Crippen molar-refractivity contribution in [2.24, 2.45) is 10.7 Å². The van der Waals surface area contributed by atoms with Crippen LogP contribution in [0.25, 0.3) is 0 Å². The van der Waals surface area contributed by atoms with Crippen molar-refractivity contribution in [3.05, 3.63) is 52.5 Å². The fraction of sp³-hybridized carbons (Fsp3) is 0.278. The summed E-state index contributed by atoms with van der Waals surface area (Å²) in [5.41, 5.74) is 8.14. The Morgan fingerprint density at radius 1 is 1.12 bits per heavy atom. The molecular formula is C18H20BrN3O2. The molecule has 5 nitrogen and oxygen atoms in total. The third-order valence-electron chi connectivity index (χ3n) is 4.02. The van der Waals surface area contributed by atoms with Crippen LogP contribution in [0.4, 0.5) is 5.69 Å². The van der Waals surface area contributed by atoms with E-state index in [1.165, 1.54) is 5.56 Å². The molecule has 2 unspecified atom stereocenters. The topological polar surface area (TPSA) is 68.9 Å². The number of nitrogens with two attached hydrogens (primary N) is 1. The molecule has 2 atom stereocenters. The maximum absolute atomic E-state index is 6.03. The molecule has 0 spiro atoms. The predicted molar refractivity (Wildman–Crippen MR) is 100 cm³/mol. The molecular weight excluding hydrogens is 370 g/mol. The molecule has 2 aromatic carbocycles. The lowest BCUT2D eigenvalue weighted by atomic mass is 10.1. The van der Waals surface area contributed by atoms with E-state index in [1.54, 1.807) is 14.2 Å². The zero-order valence-electron chi connectivity index (χ0n) is 13.6. The third kappa shape index (κ3) is 3.82. The van der Waals surface area contributed by atoms with Crippen LogP contribution in [0.5, 0.6) is 11.5 Å². The Labute approximate surface area is 150 Å². The number of hydrogen-bond donors (Lipinski definition) is 2. The average molecular weight is 390 g/mol. The molecule has 0 saturated heterocycles. The molecule has 6 heteroatoms. The molecule has 3 N–H and O–H groups in total. The number of methoxy groups -OCH3 is 2. The maximum atomic E-state index is 6.03. The van der Waals surface area contributed by atoms with Gasteiger partial charge in [-0.25, -0.2) is 4.99 Å². The van der Waals surface area contributed by atoms with Gasteiger partial charge in [0.25, 0.3) is 0 Å². The highest BCUT2D eigenvalue weighted by Crippen LogP contribution is 2.43. The molecule has 2 aromatic rings. The van der Waals surface area contributed by atoms with Gasteiger partial charge in [-0.15, -0.1) is 0 Å². The fourth-order valence-corrected chi connectivity index (χ4v) is 2.93. The molecule has 126 valence electrons. The lowest BCUT2D eigenvalue weighted by molar-refractivity contribution is 0.355. The molecule has 0 bridgehead atoms. The largest absolute Gasteiger partial charge is 0.493 e. The number of hydrogen-bond acceptors (Lipinski definition) is 3. The number of guanidine groups is 1. The Kier molecular flexibility index (Phi) is 4.94. The number of halogens is 1. The van der Waals surface area contributed by atoms with E-state index in [0.29, 0.717) is 23.4 Å².